The van der Waals surface area contributed by atoms with Gasteiger partial charge in [0, 0.05) is 16.7 Å². The third kappa shape index (κ3) is 4.66. The van der Waals surface area contributed by atoms with E-state index in [9.17, 15) is 13.2 Å². The summed E-state index contributed by atoms with van der Waals surface area (Å²) in [5.74, 6) is 6.12. The van der Waals surface area contributed by atoms with Gasteiger partial charge < -0.3 is 4.74 Å². The zero-order chi connectivity index (χ0) is 16.9. The molecule has 1 aliphatic rings. The molecule has 1 fully saturated rings. The lowest BCUT2D eigenvalue weighted by Crippen LogP contribution is -2.01. The van der Waals surface area contributed by atoms with E-state index in [0.29, 0.717) is 22.6 Å². The van der Waals surface area contributed by atoms with Crippen LogP contribution in [0, 0.1) is 17.8 Å². The second-order valence-electron chi connectivity index (χ2n) is 5.59. The minimum Gasteiger partial charge on any atom is -0.435 e. The summed E-state index contributed by atoms with van der Waals surface area (Å²) in [4.78, 5) is 0. The van der Waals surface area contributed by atoms with Gasteiger partial charge in [-0.1, -0.05) is 24.0 Å². The summed E-state index contributed by atoms with van der Waals surface area (Å²) in [7, 11) is 0. The molecule has 0 spiro atoms. The summed E-state index contributed by atoms with van der Waals surface area (Å²) in [6, 6.07) is 13.1. The van der Waals surface area contributed by atoms with Crippen LogP contribution in [0.2, 0.25) is 0 Å². The summed E-state index contributed by atoms with van der Waals surface area (Å²) < 4.78 is 42.5. The van der Waals surface area contributed by atoms with E-state index in [0.717, 1.165) is 12.8 Å². The highest BCUT2D eigenvalue weighted by Gasteiger charge is 2.19. The first-order valence-corrected chi connectivity index (χ1v) is 7.65. The summed E-state index contributed by atoms with van der Waals surface area (Å²) in [5, 5.41) is 0. The minimum atomic E-state index is -2.84. The van der Waals surface area contributed by atoms with E-state index in [1.807, 2.05) is 0 Å². The van der Waals surface area contributed by atoms with Gasteiger partial charge in [-0.05, 0) is 61.2 Å². The molecule has 0 heterocycles. The van der Waals surface area contributed by atoms with Crippen molar-refractivity contribution in [2.45, 2.75) is 19.5 Å². The van der Waals surface area contributed by atoms with Crippen LogP contribution in [0.25, 0.3) is 5.83 Å². The molecule has 0 atom stereocenters. The van der Waals surface area contributed by atoms with E-state index in [2.05, 4.69) is 16.6 Å². The highest BCUT2D eigenvalue weighted by molar-refractivity contribution is 5.61. The molecule has 1 nitrogen and oxygen atoms in total. The Bertz CT molecular complexity index is 794. The molecule has 2 aromatic carbocycles. The van der Waals surface area contributed by atoms with Crippen LogP contribution in [0.3, 0.4) is 0 Å². The van der Waals surface area contributed by atoms with Crippen molar-refractivity contribution in [2.75, 3.05) is 0 Å². The normalized spacial score (nSPS) is 14.2. The number of hydrogen-bond donors (Lipinski definition) is 0. The largest absolute Gasteiger partial charge is 0.435 e. The number of alkyl halides is 2. The van der Waals surface area contributed by atoms with Gasteiger partial charge in [0.05, 0.1) is 0 Å². The number of allylic oxidation sites excluding steroid dienone is 1. The number of halogens is 3. The maximum absolute atomic E-state index is 14.1. The highest BCUT2D eigenvalue weighted by Crippen LogP contribution is 2.33. The van der Waals surface area contributed by atoms with Crippen molar-refractivity contribution >= 4 is 5.83 Å². The molecule has 0 N–H and O–H groups in total. The fourth-order valence-corrected chi connectivity index (χ4v) is 2.18. The van der Waals surface area contributed by atoms with E-state index in [1.165, 1.54) is 12.1 Å². The Kier molecular flexibility index (Phi) is 4.90. The molecular weight excluding hydrogens is 313 g/mol. The van der Waals surface area contributed by atoms with Crippen molar-refractivity contribution in [3.8, 4) is 17.6 Å². The van der Waals surface area contributed by atoms with E-state index in [-0.39, 0.29) is 11.6 Å². The molecule has 3 rings (SSSR count). The van der Waals surface area contributed by atoms with Crippen LogP contribution in [-0.2, 0) is 0 Å². The van der Waals surface area contributed by atoms with Crippen LogP contribution in [0.1, 0.15) is 29.5 Å². The van der Waals surface area contributed by atoms with Crippen LogP contribution in [0.4, 0.5) is 13.2 Å². The quantitative estimate of drug-likeness (QED) is 0.682. The van der Waals surface area contributed by atoms with Gasteiger partial charge in [-0.15, -0.1) is 0 Å². The Balaban J connectivity index is 1.73. The van der Waals surface area contributed by atoms with Gasteiger partial charge in [0.2, 0.25) is 0 Å². The number of ether oxygens (including phenoxy) is 1. The molecule has 0 amide bonds. The lowest BCUT2D eigenvalue weighted by molar-refractivity contribution is -0.0498. The molecular formula is C20H15F3O. The van der Waals surface area contributed by atoms with Crippen LogP contribution in [0.5, 0.6) is 5.75 Å². The van der Waals surface area contributed by atoms with Crippen LogP contribution in [0.15, 0.2) is 54.6 Å². The summed E-state index contributed by atoms with van der Waals surface area (Å²) in [6.07, 6.45) is 3.77. The van der Waals surface area contributed by atoms with Gasteiger partial charge in [0.1, 0.15) is 11.6 Å². The topological polar surface area (TPSA) is 9.23 Å². The van der Waals surface area contributed by atoms with Crippen LogP contribution >= 0.6 is 0 Å². The van der Waals surface area contributed by atoms with Gasteiger partial charge >= 0.3 is 6.61 Å². The number of hydrogen-bond acceptors (Lipinski definition) is 1. The molecule has 0 saturated heterocycles. The Morgan fingerprint density at radius 3 is 2.42 bits per heavy atom. The Morgan fingerprint density at radius 2 is 1.75 bits per heavy atom. The summed E-state index contributed by atoms with van der Waals surface area (Å²) >= 11 is 0. The monoisotopic (exact) mass is 328 g/mol. The molecule has 0 aliphatic heterocycles. The maximum atomic E-state index is 14.1. The predicted octanol–water partition coefficient (Wildman–Crippen LogP) is 5.41. The maximum Gasteiger partial charge on any atom is 0.387 e. The summed E-state index contributed by atoms with van der Waals surface area (Å²) in [5.41, 5.74) is 1.88. The predicted molar refractivity (Wildman–Crippen MR) is 87.3 cm³/mol. The fraction of sp³-hybridized carbons (Fsp3) is 0.200. The van der Waals surface area contributed by atoms with Crippen molar-refractivity contribution in [3.05, 3.63) is 71.3 Å². The first-order valence-electron chi connectivity index (χ1n) is 7.65. The fourth-order valence-electron chi connectivity index (χ4n) is 2.18. The molecule has 0 unspecified atom stereocenters. The van der Waals surface area contributed by atoms with Gasteiger partial charge in [-0.3, -0.25) is 0 Å². The smallest absolute Gasteiger partial charge is 0.387 e. The van der Waals surface area contributed by atoms with E-state index in [4.69, 9.17) is 0 Å². The molecule has 1 aliphatic carbocycles. The van der Waals surface area contributed by atoms with Crippen LogP contribution in [-0.4, -0.2) is 6.61 Å². The van der Waals surface area contributed by atoms with Crippen LogP contribution < -0.4 is 4.74 Å². The average molecular weight is 328 g/mol. The van der Waals surface area contributed by atoms with Crippen molar-refractivity contribution in [1.82, 2.24) is 0 Å². The molecule has 0 bridgehead atoms. The van der Waals surface area contributed by atoms with E-state index >= 15 is 0 Å². The van der Waals surface area contributed by atoms with Gasteiger partial charge in [0.15, 0.2) is 0 Å². The Hall–Kier alpha value is -2.67. The van der Waals surface area contributed by atoms with E-state index < -0.39 is 6.61 Å². The lowest BCUT2D eigenvalue weighted by Gasteiger charge is -2.03. The zero-order valence-electron chi connectivity index (χ0n) is 12.8. The third-order valence-electron chi connectivity index (χ3n) is 3.57. The highest BCUT2D eigenvalue weighted by atomic mass is 19.3. The van der Waals surface area contributed by atoms with Gasteiger partial charge in [-0.25, -0.2) is 4.39 Å². The van der Waals surface area contributed by atoms with Crippen molar-refractivity contribution in [2.24, 2.45) is 5.92 Å². The standard InChI is InChI=1S/C20H15F3O/c21-19(13-16-6-7-16)17-3-1-2-15(12-17)5-4-14-8-10-18(11-9-14)24-20(22)23/h1-3,8-13,16,20H,6-7H2/b19-13-. The average Bonchev–Trinajstić information content (AvgIpc) is 3.38. The third-order valence-corrected chi connectivity index (χ3v) is 3.57. The molecule has 24 heavy (non-hydrogen) atoms. The first-order chi connectivity index (χ1) is 11.6. The molecule has 4 heteroatoms. The Morgan fingerprint density at radius 1 is 1.04 bits per heavy atom. The second kappa shape index (κ2) is 7.27. The molecule has 122 valence electrons. The first kappa shape index (κ1) is 16.2. The minimum absolute atomic E-state index is 0.0878. The van der Waals surface area contributed by atoms with Gasteiger partial charge in [0.25, 0.3) is 0 Å². The molecule has 0 radical (unpaired) electrons. The van der Waals surface area contributed by atoms with Crippen molar-refractivity contribution in [3.63, 3.8) is 0 Å². The summed E-state index contributed by atoms with van der Waals surface area (Å²) in [6.45, 7) is -2.84. The molecule has 0 aromatic heterocycles. The van der Waals surface area contributed by atoms with Gasteiger partial charge in [-0.2, -0.15) is 8.78 Å². The molecule has 1 saturated carbocycles. The second-order valence-corrected chi connectivity index (χ2v) is 5.59. The SMILES string of the molecule is F/C(=C\C1CC1)c1cccc(C#Cc2ccc(OC(F)F)cc2)c1. The molecule has 2 aromatic rings. The Labute approximate surface area is 138 Å². The lowest BCUT2D eigenvalue weighted by atomic mass is 10.1. The zero-order valence-corrected chi connectivity index (χ0v) is 12.8. The number of benzene rings is 2. The van der Waals surface area contributed by atoms with E-state index in [1.54, 1.807) is 42.5 Å². The number of rotatable bonds is 4. The van der Waals surface area contributed by atoms with Crippen molar-refractivity contribution < 1.29 is 17.9 Å². The van der Waals surface area contributed by atoms with Crippen molar-refractivity contribution in [1.29, 1.82) is 0 Å².